The number of para-hydroxylation sites is 1. The predicted molar refractivity (Wildman–Crippen MR) is 147 cm³/mol. The summed E-state index contributed by atoms with van der Waals surface area (Å²) in [6.07, 6.45) is 0.511. The molecule has 190 valence electrons. The van der Waals surface area contributed by atoms with Gasteiger partial charge in [-0.15, -0.1) is 46.5 Å². The number of carbonyl (C=O) groups is 3. The van der Waals surface area contributed by atoms with Crippen molar-refractivity contribution in [1.29, 1.82) is 0 Å². The van der Waals surface area contributed by atoms with Crippen LogP contribution in [-0.4, -0.2) is 49.8 Å². The topological polar surface area (TPSA) is 99.9 Å². The SMILES string of the molecule is O=C(Cc1cccs1)NC1S[C@@H]2CC(=O)N2CC1(Sc1cccc2oc3c(CCl)cccc3c12)C(=O)O. The number of carboxylic acid groups (broad SMARTS) is 1. The van der Waals surface area contributed by atoms with Gasteiger partial charge < -0.3 is 19.7 Å². The number of β-lactam (4-membered cyclic amide) rings is 1. The lowest BCUT2D eigenvalue weighted by atomic mass is 10.0. The number of thiophene rings is 1. The van der Waals surface area contributed by atoms with E-state index in [1.165, 1.54) is 23.1 Å². The fraction of sp³-hybridized carbons (Fsp3) is 0.269. The van der Waals surface area contributed by atoms with Crippen LogP contribution >= 0.6 is 46.5 Å². The maximum Gasteiger partial charge on any atom is 0.325 e. The average molecular weight is 573 g/mol. The first-order valence-electron chi connectivity index (χ1n) is 11.6. The number of nitrogens with one attached hydrogen (secondary N) is 1. The fourth-order valence-electron chi connectivity index (χ4n) is 4.83. The van der Waals surface area contributed by atoms with Crippen LogP contribution in [0.1, 0.15) is 16.9 Å². The molecule has 2 aromatic heterocycles. The van der Waals surface area contributed by atoms with Crippen LogP contribution in [0.2, 0.25) is 0 Å². The van der Waals surface area contributed by atoms with Crippen molar-refractivity contribution in [2.75, 3.05) is 6.54 Å². The molecule has 0 spiro atoms. The number of carboxylic acids is 1. The Bertz CT molecular complexity index is 1540. The van der Waals surface area contributed by atoms with Gasteiger partial charge in [-0.3, -0.25) is 14.4 Å². The zero-order valence-electron chi connectivity index (χ0n) is 19.3. The third-order valence-corrected chi connectivity index (χ3v) is 11.0. The Morgan fingerprint density at radius 1 is 1.22 bits per heavy atom. The molecule has 3 atom stereocenters. The lowest BCUT2D eigenvalue weighted by Gasteiger charge is -2.53. The number of hydrogen-bond donors (Lipinski definition) is 2. The summed E-state index contributed by atoms with van der Waals surface area (Å²) in [4.78, 5) is 41.6. The normalized spacial score (nSPS) is 23.2. The molecule has 2 fully saturated rings. The van der Waals surface area contributed by atoms with Gasteiger partial charge in [-0.2, -0.15) is 0 Å². The molecular formula is C26H21ClN2O5S3. The van der Waals surface area contributed by atoms with Gasteiger partial charge >= 0.3 is 5.97 Å². The van der Waals surface area contributed by atoms with E-state index in [2.05, 4.69) is 5.32 Å². The molecule has 37 heavy (non-hydrogen) atoms. The number of hydrogen-bond acceptors (Lipinski definition) is 7. The van der Waals surface area contributed by atoms with Crippen molar-refractivity contribution in [3.8, 4) is 0 Å². The monoisotopic (exact) mass is 572 g/mol. The molecule has 0 saturated carbocycles. The second-order valence-electron chi connectivity index (χ2n) is 8.98. The first-order valence-corrected chi connectivity index (χ1v) is 14.7. The van der Waals surface area contributed by atoms with E-state index in [1.54, 1.807) is 4.90 Å². The second kappa shape index (κ2) is 9.58. The smallest absolute Gasteiger partial charge is 0.325 e. The van der Waals surface area contributed by atoms with Crippen molar-refractivity contribution in [3.63, 3.8) is 0 Å². The standard InChI is InChI=1S/C26H21ClN2O5S3/c27-12-14-4-1-6-16-22-17(34-23(14)16)7-2-8-18(22)37-26(25(32)33)13-29-20(31)11-21(29)36-24(26)28-19(30)10-15-5-3-9-35-15/h1-9,21,24H,10-13H2,(H,28,30)(H,32,33)/t21-,24?,26?/m1/s1. The summed E-state index contributed by atoms with van der Waals surface area (Å²) in [5.41, 5.74) is 2.14. The highest BCUT2D eigenvalue weighted by Gasteiger charge is 2.59. The van der Waals surface area contributed by atoms with E-state index < -0.39 is 16.1 Å². The molecule has 6 rings (SSSR count). The van der Waals surface area contributed by atoms with Gasteiger partial charge in [0.2, 0.25) is 11.8 Å². The molecule has 7 nitrogen and oxygen atoms in total. The van der Waals surface area contributed by atoms with Crippen LogP contribution < -0.4 is 5.32 Å². The minimum Gasteiger partial charge on any atom is -0.480 e. The van der Waals surface area contributed by atoms with Gasteiger partial charge in [-0.1, -0.05) is 30.3 Å². The predicted octanol–water partition coefficient (Wildman–Crippen LogP) is 5.29. The lowest BCUT2D eigenvalue weighted by molar-refractivity contribution is -0.147. The number of amides is 2. The van der Waals surface area contributed by atoms with Crippen LogP contribution in [0.3, 0.4) is 0 Å². The molecule has 0 radical (unpaired) electrons. The minimum absolute atomic E-state index is 0.00739. The number of benzene rings is 2. The van der Waals surface area contributed by atoms with E-state index in [0.29, 0.717) is 22.5 Å². The Morgan fingerprint density at radius 3 is 2.78 bits per heavy atom. The van der Waals surface area contributed by atoms with Gasteiger partial charge in [0.15, 0.2) is 4.75 Å². The second-order valence-corrected chi connectivity index (χ2v) is 12.9. The summed E-state index contributed by atoms with van der Waals surface area (Å²) in [6, 6.07) is 15.0. The number of fused-ring (bicyclic) bond motifs is 4. The Labute approximate surface area is 229 Å². The first-order chi connectivity index (χ1) is 17.9. The first kappa shape index (κ1) is 24.7. The molecule has 2 amide bonds. The Hall–Kier alpha value is -2.66. The molecule has 0 aliphatic carbocycles. The molecule has 2 unspecified atom stereocenters. The summed E-state index contributed by atoms with van der Waals surface area (Å²) in [7, 11) is 0. The van der Waals surface area contributed by atoms with Gasteiger partial charge in [0.05, 0.1) is 30.6 Å². The summed E-state index contributed by atoms with van der Waals surface area (Å²) in [6.45, 7) is -0.00739. The third kappa shape index (κ3) is 4.20. The van der Waals surface area contributed by atoms with Crippen molar-refractivity contribution < 1.29 is 23.9 Å². The summed E-state index contributed by atoms with van der Waals surface area (Å²) in [5.74, 6) is -1.13. The maximum atomic E-state index is 13.0. The van der Waals surface area contributed by atoms with E-state index in [0.717, 1.165) is 33.0 Å². The molecule has 2 aromatic carbocycles. The summed E-state index contributed by atoms with van der Waals surface area (Å²) >= 11 is 10.1. The van der Waals surface area contributed by atoms with Crippen molar-refractivity contribution in [1.82, 2.24) is 10.2 Å². The van der Waals surface area contributed by atoms with E-state index in [4.69, 9.17) is 16.0 Å². The summed E-state index contributed by atoms with van der Waals surface area (Å²) < 4.78 is 4.62. The van der Waals surface area contributed by atoms with Gasteiger partial charge in [-0.05, 0) is 23.6 Å². The number of alkyl halides is 1. The van der Waals surface area contributed by atoms with E-state index in [9.17, 15) is 19.5 Å². The highest BCUT2D eigenvalue weighted by Crippen LogP contribution is 2.51. The average Bonchev–Trinajstić information content (AvgIpc) is 3.52. The number of furan rings is 1. The largest absolute Gasteiger partial charge is 0.480 e. The zero-order chi connectivity index (χ0) is 25.7. The molecule has 2 aliphatic heterocycles. The van der Waals surface area contributed by atoms with E-state index in [-0.39, 0.29) is 36.0 Å². The maximum absolute atomic E-state index is 13.0. The Morgan fingerprint density at radius 2 is 2.05 bits per heavy atom. The lowest BCUT2D eigenvalue weighted by Crippen LogP contribution is -2.69. The number of thioether (sulfide) groups is 2. The number of aliphatic carboxylic acids is 1. The molecule has 2 saturated heterocycles. The molecule has 4 aromatic rings. The van der Waals surface area contributed by atoms with Gasteiger partial charge in [0, 0.05) is 26.1 Å². The van der Waals surface area contributed by atoms with Crippen LogP contribution in [0.4, 0.5) is 0 Å². The quantitative estimate of drug-likeness (QED) is 0.229. The Balaban J connectivity index is 1.42. The number of carbonyl (C=O) groups excluding carboxylic acids is 2. The molecule has 2 N–H and O–H groups in total. The van der Waals surface area contributed by atoms with E-state index >= 15 is 0 Å². The molecule has 0 bridgehead atoms. The van der Waals surface area contributed by atoms with Crippen molar-refractivity contribution in [2.24, 2.45) is 0 Å². The molecule has 4 heterocycles. The number of halogens is 1. The number of nitrogens with zero attached hydrogens (tertiary/aromatic N) is 1. The Kier molecular flexibility index (Phi) is 6.38. The molecular weight excluding hydrogens is 552 g/mol. The van der Waals surface area contributed by atoms with Gasteiger partial charge in [0.25, 0.3) is 0 Å². The molecule has 2 aliphatic rings. The van der Waals surface area contributed by atoms with Crippen molar-refractivity contribution >= 4 is 86.2 Å². The van der Waals surface area contributed by atoms with Crippen molar-refractivity contribution in [2.45, 2.75) is 39.1 Å². The van der Waals surface area contributed by atoms with Crippen LogP contribution in [0, 0.1) is 0 Å². The van der Waals surface area contributed by atoms with Crippen LogP contribution in [-0.2, 0) is 26.7 Å². The molecule has 11 heteroatoms. The zero-order valence-corrected chi connectivity index (χ0v) is 22.5. The highest BCUT2D eigenvalue weighted by atomic mass is 35.5. The van der Waals surface area contributed by atoms with Crippen LogP contribution in [0.25, 0.3) is 21.9 Å². The fourth-order valence-corrected chi connectivity index (χ4v) is 8.85. The van der Waals surface area contributed by atoms with Gasteiger partial charge in [-0.25, -0.2) is 0 Å². The summed E-state index contributed by atoms with van der Waals surface area (Å²) in [5, 5.41) is 16.3. The van der Waals surface area contributed by atoms with Crippen LogP contribution in [0.15, 0.2) is 63.2 Å². The van der Waals surface area contributed by atoms with E-state index in [1.807, 2.05) is 53.9 Å². The van der Waals surface area contributed by atoms with Gasteiger partial charge in [0.1, 0.15) is 16.5 Å². The minimum atomic E-state index is -1.51. The highest BCUT2D eigenvalue weighted by molar-refractivity contribution is 8.05. The number of rotatable bonds is 7. The van der Waals surface area contributed by atoms with Crippen molar-refractivity contribution in [3.05, 3.63) is 64.4 Å². The third-order valence-electron chi connectivity index (χ3n) is 6.71. The van der Waals surface area contributed by atoms with Crippen LogP contribution in [0.5, 0.6) is 0 Å².